The summed E-state index contributed by atoms with van der Waals surface area (Å²) in [5.74, 6) is 0.441. The SMILES string of the molecule is CS(=O)(=O)c1ccc2nc(NC(=O)C3(c4cc(-c5ccccc5)on4)CC3)sc2c1. The number of carbonyl (C=O) groups excluding carboxylic acids is 1. The number of nitrogens with one attached hydrogen (secondary N) is 1. The van der Waals surface area contributed by atoms with Crippen LogP contribution in [0.1, 0.15) is 18.5 Å². The van der Waals surface area contributed by atoms with Crippen LogP contribution in [-0.2, 0) is 20.0 Å². The van der Waals surface area contributed by atoms with E-state index in [2.05, 4.69) is 15.5 Å². The minimum atomic E-state index is -3.31. The van der Waals surface area contributed by atoms with E-state index in [1.54, 1.807) is 12.1 Å². The van der Waals surface area contributed by atoms with Crippen molar-refractivity contribution in [2.45, 2.75) is 23.2 Å². The van der Waals surface area contributed by atoms with Crippen LogP contribution in [0.5, 0.6) is 0 Å². The summed E-state index contributed by atoms with van der Waals surface area (Å²) in [6.07, 6.45) is 2.53. The molecule has 0 atom stereocenters. The lowest BCUT2D eigenvalue weighted by Crippen LogP contribution is -2.28. The third-order valence-electron chi connectivity index (χ3n) is 5.25. The molecule has 9 heteroatoms. The van der Waals surface area contributed by atoms with Gasteiger partial charge in [0.05, 0.1) is 26.2 Å². The summed E-state index contributed by atoms with van der Waals surface area (Å²) in [6, 6.07) is 16.2. The van der Waals surface area contributed by atoms with Gasteiger partial charge in [0.15, 0.2) is 20.7 Å². The molecule has 1 amide bonds. The molecular weight excluding hydrogens is 422 g/mol. The van der Waals surface area contributed by atoms with Crippen LogP contribution in [0.2, 0.25) is 0 Å². The van der Waals surface area contributed by atoms with E-state index in [9.17, 15) is 13.2 Å². The molecule has 0 radical (unpaired) electrons. The Kier molecular flexibility index (Phi) is 4.26. The molecule has 1 fully saturated rings. The molecule has 0 spiro atoms. The van der Waals surface area contributed by atoms with Crippen LogP contribution >= 0.6 is 11.3 Å². The van der Waals surface area contributed by atoms with Gasteiger partial charge in [0.2, 0.25) is 5.91 Å². The van der Waals surface area contributed by atoms with E-state index < -0.39 is 15.3 Å². The molecule has 5 rings (SSSR count). The molecule has 1 aliphatic rings. The highest BCUT2D eigenvalue weighted by Gasteiger charge is 2.54. The first-order valence-corrected chi connectivity index (χ1v) is 12.0. The van der Waals surface area contributed by atoms with E-state index in [0.717, 1.165) is 11.8 Å². The summed E-state index contributed by atoms with van der Waals surface area (Å²) in [4.78, 5) is 17.7. The normalized spacial score (nSPS) is 15.2. The number of sulfone groups is 1. The fraction of sp³-hybridized carbons (Fsp3) is 0.190. The molecule has 2 aromatic heterocycles. The predicted octanol–water partition coefficient (Wildman–Crippen LogP) is 4.03. The number of aromatic nitrogens is 2. The van der Waals surface area contributed by atoms with Crippen LogP contribution < -0.4 is 5.32 Å². The highest BCUT2D eigenvalue weighted by Crippen LogP contribution is 2.49. The van der Waals surface area contributed by atoms with Crippen LogP contribution in [0, 0.1) is 0 Å². The van der Waals surface area contributed by atoms with Crippen molar-refractivity contribution < 1.29 is 17.7 Å². The zero-order chi connectivity index (χ0) is 20.9. The molecular formula is C21H17N3O4S2. The number of amides is 1. The van der Waals surface area contributed by atoms with Crippen molar-refractivity contribution in [2.75, 3.05) is 11.6 Å². The van der Waals surface area contributed by atoms with Gasteiger partial charge in [-0.2, -0.15) is 0 Å². The molecule has 30 heavy (non-hydrogen) atoms. The second kappa shape index (κ2) is 6.75. The largest absolute Gasteiger partial charge is 0.356 e. The Bertz CT molecular complexity index is 1370. The minimum absolute atomic E-state index is 0.183. The summed E-state index contributed by atoms with van der Waals surface area (Å²) >= 11 is 1.25. The van der Waals surface area contributed by atoms with Gasteiger partial charge in [-0.15, -0.1) is 0 Å². The summed E-state index contributed by atoms with van der Waals surface area (Å²) in [5.41, 5.74) is 1.44. The number of carbonyl (C=O) groups is 1. The van der Waals surface area contributed by atoms with Crippen LogP contribution in [0.15, 0.2) is 64.0 Å². The van der Waals surface area contributed by atoms with Crippen LogP contribution in [-0.4, -0.2) is 30.7 Å². The zero-order valence-corrected chi connectivity index (χ0v) is 17.6. The Balaban J connectivity index is 1.39. The second-order valence-corrected chi connectivity index (χ2v) is 10.4. The highest BCUT2D eigenvalue weighted by atomic mass is 32.2. The monoisotopic (exact) mass is 439 g/mol. The van der Waals surface area contributed by atoms with E-state index in [1.807, 2.05) is 36.4 Å². The standard InChI is InChI=1S/C21H17N3O4S2/c1-30(26,27)14-7-8-15-17(11-14)29-20(22-15)23-19(25)21(9-10-21)18-12-16(28-24-18)13-5-3-2-4-6-13/h2-8,11-12H,9-10H2,1H3,(H,22,23,25). The molecule has 2 heterocycles. The van der Waals surface area contributed by atoms with Gasteiger partial charge in [-0.05, 0) is 31.0 Å². The van der Waals surface area contributed by atoms with Crippen LogP contribution in [0.3, 0.4) is 0 Å². The first kappa shape index (κ1) is 19.0. The molecule has 0 unspecified atom stereocenters. The maximum atomic E-state index is 13.0. The Morgan fingerprint density at radius 3 is 2.60 bits per heavy atom. The molecule has 0 aliphatic heterocycles. The maximum Gasteiger partial charge on any atom is 0.238 e. The Morgan fingerprint density at radius 1 is 1.13 bits per heavy atom. The molecule has 4 aromatic rings. The molecule has 152 valence electrons. The number of fused-ring (bicyclic) bond motifs is 1. The van der Waals surface area contributed by atoms with Crippen molar-refractivity contribution in [1.29, 1.82) is 0 Å². The van der Waals surface area contributed by atoms with Gasteiger partial charge >= 0.3 is 0 Å². The summed E-state index contributed by atoms with van der Waals surface area (Å²) in [5, 5.41) is 7.46. The number of hydrogen-bond donors (Lipinski definition) is 1. The average Bonchev–Trinajstić information content (AvgIpc) is 3.20. The molecule has 1 saturated carbocycles. The fourth-order valence-electron chi connectivity index (χ4n) is 3.37. The van der Waals surface area contributed by atoms with Crippen molar-refractivity contribution in [3.8, 4) is 11.3 Å². The summed E-state index contributed by atoms with van der Waals surface area (Å²) < 4.78 is 29.7. The maximum absolute atomic E-state index is 13.0. The van der Waals surface area contributed by atoms with E-state index in [1.165, 1.54) is 17.4 Å². The number of anilines is 1. The van der Waals surface area contributed by atoms with E-state index in [4.69, 9.17) is 4.52 Å². The lowest BCUT2D eigenvalue weighted by atomic mass is 10.0. The Hall–Kier alpha value is -3.04. The molecule has 2 aromatic carbocycles. The lowest BCUT2D eigenvalue weighted by molar-refractivity contribution is -0.118. The predicted molar refractivity (Wildman–Crippen MR) is 114 cm³/mol. The number of thiazole rings is 1. The molecule has 0 saturated heterocycles. The van der Waals surface area contributed by atoms with Gasteiger partial charge in [0, 0.05) is 17.9 Å². The third kappa shape index (κ3) is 3.29. The average molecular weight is 440 g/mol. The van der Waals surface area contributed by atoms with Crippen LogP contribution in [0.4, 0.5) is 5.13 Å². The molecule has 0 bridgehead atoms. The Labute approximate surface area is 176 Å². The van der Waals surface area contributed by atoms with Gasteiger partial charge in [0.1, 0.15) is 0 Å². The van der Waals surface area contributed by atoms with Gasteiger partial charge < -0.3 is 9.84 Å². The van der Waals surface area contributed by atoms with Crippen molar-refractivity contribution in [3.05, 3.63) is 60.3 Å². The topological polar surface area (TPSA) is 102 Å². The third-order valence-corrected chi connectivity index (χ3v) is 7.30. The fourth-order valence-corrected chi connectivity index (χ4v) is 4.99. The van der Waals surface area contributed by atoms with E-state index >= 15 is 0 Å². The highest BCUT2D eigenvalue weighted by molar-refractivity contribution is 7.90. The minimum Gasteiger partial charge on any atom is -0.356 e. The molecule has 1 aliphatic carbocycles. The van der Waals surface area contributed by atoms with E-state index in [-0.39, 0.29) is 10.8 Å². The van der Waals surface area contributed by atoms with Gasteiger partial charge in [-0.1, -0.05) is 46.8 Å². The van der Waals surface area contributed by atoms with Gasteiger partial charge in [-0.3, -0.25) is 4.79 Å². The number of hydrogen-bond acceptors (Lipinski definition) is 7. The number of rotatable bonds is 5. The van der Waals surface area contributed by atoms with Crippen molar-refractivity contribution in [2.24, 2.45) is 0 Å². The van der Waals surface area contributed by atoms with Crippen molar-refractivity contribution in [3.63, 3.8) is 0 Å². The zero-order valence-electron chi connectivity index (χ0n) is 16.0. The van der Waals surface area contributed by atoms with Gasteiger partial charge in [0.25, 0.3) is 0 Å². The second-order valence-electron chi connectivity index (χ2n) is 7.40. The van der Waals surface area contributed by atoms with Crippen molar-refractivity contribution in [1.82, 2.24) is 10.1 Å². The van der Waals surface area contributed by atoms with E-state index in [0.29, 0.717) is 39.6 Å². The Morgan fingerprint density at radius 2 is 1.90 bits per heavy atom. The number of nitrogens with zero attached hydrogens (tertiary/aromatic N) is 2. The molecule has 1 N–H and O–H groups in total. The van der Waals surface area contributed by atoms with Gasteiger partial charge in [-0.25, -0.2) is 13.4 Å². The number of benzene rings is 2. The van der Waals surface area contributed by atoms with Crippen LogP contribution in [0.25, 0.3) is 21.5 Å². The summed E-state index contributed by atoms with van der Waals surface area (Å²) in [7, 11) is -3.31. The first-order chi connectivity index (χ1) is 14.3. The first-order valence-electron chi connectivity index (χ1n) is 9.30. The summed E-state index contributed by atoms with van der Waals surface area (Å²) in [6.45, 7) is 0. The molecule has 7 nitrogen and oxygen atoms in total. The lowest BCUT2D eigenvalue weighted by Gasteiger charge is -2.10. The van der Waals surface area contributed by atoms with Crippen molar-refractivity contribution >= 4 is 42.4 Å². The quantitative estimate of drug-likeness (QED) is 0.504. The smallest absolute Gasteiger partial charge is 0.238 e.